The molecule has 7 nitrogen and oxygen atoms in total. The van der Waals surface area contributed by atoms with Gasteiger partial charge in [-0.3, -0.25) is 14.3 Å². The van der Waals surface area contributed by atoms with Gasteiger partial charge in [-0.25, -0.2) is 0 Å². The third-order valence-electron chi connectivity index (χ3n) is 1.82. The van der Waals surface area contributed by atoms with Crippen LogP contribution in [0.2, 0.25) is 0 Å². The van der Waals surface area contributed by atoms with Crippen molar-refractivity contribution in [3.05, 3.63) is 12.4 Å². The molecule has 17 heavy (non-hydrogen) atoms. The SMILES string of the molecule is CCCOCC(=O)Nc1cnn(CC(N)=O)c1. The van der Waals surface area contributed by atoms with Gasteiger partial charge >= 0.3 is 0 Å². The molecule has 0 bridgehead atoms. The number of hydrogen-bond donors (Lipinski definition) is 2. The summed E-state index contributed by atoms with van der Waals surface area (Å²) in [4.78, 5) is 22.0. The van der Waals surface area contributed by atoms with Crippen LogP contribution in [0.5, 0.6) is 0 Å². The second-order valence-corrected chi connectivity index (χ2v) is 3.49. The van der Waals surface area contributed by atoms with Crippen LogP contribution in [0, 0.1) is 0 Å². The summed E-state index contributed by atoms with van der Waals surface area (Å²) in [5, 5.41) is 6.46. The van der Waals surface area contributed by atoms with Gasteiger partial charge in [-0.15, -0.1) is 0 Å². The fourth-order valence-corrected chi connectivity index (χ4v) is 1.18. The van der Waals surface area contributed by atoms with Gasteiger partial charge in [0.25, 0.3) is 0 Å². The molecule has 0 saturated heterocycles. The molecule has 2 amide bonds. The van der Waals surface area contributed by atoms with Gasteiger partial charge in [0.05, 0.1) is 11.9 Å². The van der Waals surface area contributed by atoms with Crippen molar-refractivity contribution in [1.82, 2.24) is 9.78 Å². The molecule has 0 saturated carbocycles. The number of ether oxygens (including phenoxy) is 1. The molecule has 1 rings (SSSR count). The number of rotatable bonds is 7. The monoisotopic (exact) mass is 240 g/mol. The minimum absolute atomic E-state index is 0.00877. The van der Waals surface area contributed by atoms with Gasteiger partial charge in [0.1, 0.15) is 13.2 Å². The zero-order chi connectivity index (χ0) is 12.7. The number of aromatic nitrogens is 2. The summed E-state index contributed by atoms with van der Waals surface area (Å²) in [6.45, 7) is 2.51. The average Bonchev–Trinajstić information content (AvgIpc) is 2.64. The molecular weight excluding hydrogens is 224 g/mol. The number of primary amides is 1. The second-order valence-electron chi connectivity index (χ2n) is 3.49. The van der Waals surface area contributed by atoms with E-state index in [0.29, 0.717) is 12.3 Å². The number of carbonyl (C=O) groups excluding carboxylic acids is 2. The summed E-state index contributed by atoms with van der Waals surface area (Å²) >= 11 is 0. The van der Waals surface area contributed by atoms with E-state index in [9.17, 15) is 9.59 Å². The Hall–Kier alpha value is -1.89. The Morgan fingerprint density at radius 2 is 2.35 bits per heavy atom. The van der Waals surface area contributed by atoms with E-state index in [1.807, 2.05) is 6.92 Å². The van der Waals surface area contributed by atoms with Gasteiger partial charge in [0.2, 0.25) is 11.8 Å². The lowest BCUT2D eigenvalue weighted by molar-refractivity contribution is -0.120. The van der Waals surface area contributed by atoms with Gasteiger partial charge in [-0.2, -0.15) is 5.10 Å². The number of nitrogens with two attached hydrogens (primary N) is 1. The zero-order valence-electron chi connectivity index (χ0n) is 9.68. The standard InChI is InChI=1S/C10H16N4O3/c1-2-3-17-7-10(16)13-8-4-12-14(5-8)6-9(11)15/h4-5H,2-3,6-7H2,1H3,(H2,11,15)(H,13,16). The highest BCUT2D eigenvalue weighted by Gasteiger charge is 2.05. The highest BCUT2D eigenvalue weighted by atomic mass is 16.5. The topological polar surface area (TPSA) is 99.2 Å². The zero-order valence-corrected chi connectivity index (χ0v) is 9.68. The van der Waals surface area contributed by atoms with E-state index in [2.05, 4.69) is 10.4 Å². The lowest BCUT2D eigenvalue weighted by atomic mass is 10.5. The van der Waals surface area contributed by atoms with E-state index in [0.717, 1.165) is 6.42 Å². The molecule has 94 valence electrons. The molecule has 1 aromatic rings. The number of anilines is 1. The fourth-order valence-electron chi connectivity index (χ4n) is 1.18. The van der Waals surface area contributed by atoms with Gasteiger partial charge in [-0.1, -0.05) is 6.92 Å². The number of nitrogens with zero attached hydrogens (tertiary/aromatic N) is 2. The summed E-state index contributed by atoms with van der Waals surface area (Å²) < 4.78 is 6.43. The first-order chi connectivity index (χ1) is 8.11. The van der Waals surface area contributed by atoms with E-state index in [-0.39, 0.29) is 19.1 Å². The summed E-state index contributed by atoms with van der Waals surface area (Å²) in [7, 11) is 0. The summed E-state index contributed by atoms with van der Waals surface area (Å²) in [5.41, 5.74) is 5.52. The van der Waals surface area contributed by atoms with E-state index < -0.39 is 5.91 Å². The van der Waals surface area contributed by atoms with Gasteiger partial charge in [0, 0.05) is 12.8 Å². The molecule has 0 aliphatic carbocycles. The molecule has 0 aliphatic rings. The smallest absolute Gasteiger partial charge is 0.250 e. The maximum atomic E-state index is 11.4. The molecule has 0 unspecified atom stereocenters. The highest BCUT2D eigenvalue weighted by Crippen LogP contribution is 2.04. The van der Waals surface area contributed by atoms with Crippen LogP contribution < -0.4 is 11.1 Å². The molecule has 7 heteroatoms. The van der Waals surface area contributed by atoms with Crippen molar-refractivity contribution in [2.75, 3.05) is 18.5 Å². The van der Waals surface area contributed by atoms with E-state index in [1.54, 1.807) is 0 Å². The molecule has 0 aliphatic heterocycles. The van der Waals surface area contributed by atoms with Crippen molar-refractivity contribution in [3.63, 3.8) is 0 Å². The average molecular weight is 240 g/mol. The first kappa shape index (κ1) is 13.2. The highest BCUT2D eigenvalue weighted by molar-refractivity contribution is 5.91. The number of carbonyl (C=O) groups is 2. The first-order valence-corrected chi connectivity index (χ1v) is 5.30. The quantitative estimate of drug-likeness (QED) is 0.641. The van der Waals surface area contributed by atoms with Crippen LogP contribution in [0.15, 0.2) is 12.4 Å². The normalized spacial score (nSPS) is 10.2. The third kappa shape index (κ3) is 5.12. The molecule has 0 radical (unpaired) electrons. The Labute approximate surface area is 98.9 Å². The minimum atomic E-state index is -0.489. The third-order valence-corrected chi connectivity index (χ3v) is 1.82. The predicted octanol–water partition coefficient (Wildman–Crippen LogP) is -0.266. The van der Waals surface area contributed by atoms with E-state index >= 15 is 0 Å². The maximum Gasteiger partial charge on any atom is 0.250 e. The fraction of sp³-hybridized carbons (Fsp3) is 0.500. The Bertz CT molecular complexity index is 389. The van der Waals surface area contributed by atoms with Crippen molar-refractivity contribution in [2.45, 2.75) is 19.9 Å². The first-order valence-electron chi connectivity index (χ1n) is 5.30. The van der Waals surface area contributed by atoms with Crippen LogP contribution in [-0.2, 0) is 20.9 Å². The molecule has 0 aromatic carbocycles. The van der Waals surface area contributed by atoms with Crippen molar-refractivity contribution in [3.8, 4) is 0 Å². The van der Waals surface area contributed by atoms with Crippen LogP contribution >= 0.6 is 0 Å². The van der Waals surface area contributed by atoms with Crippen LogP contribution in [0.4, 0.5) is 5.69 Å². The lowest BCUT2D eigenvalue weighted by Crippen LogP contribution is -2.19. The van der Waals surface area contributed by atoms with Crippen LogP contribution in [-0.4, -0.2) is 34.8 Å². The summed E-state index contributed by atoms with van der Waals surface area (Å²) in [6.07, 6.45) is 3.84. The molecule has 0 atom stereocenters. The molecule has 0 spiro atoms. The Morgan fingerprint density at radius 1 is 1.59 bits per heavy atom. The predicted molar refractivity (Wildman–Crippen MR) is 61.2 cm³/mol. The summed E-state index contributed by atoms with van der Waals surface area (Å²) in [6, 6.07) is 0. The van der Waals surface area contributed by atoms with Crippen molar-refractivity contribution >= 4 is 17.5 Å². The lowest BCUT2D eigenvalue weighted by Gasteiger charge is -2.02. The van der Waals surface area contributed by atoms with Crippen LogP contribution in [0.25, 0.3) is 0 Å². The van der Waals surface area contributed by atoms with Gasteiger partial charge < -0.3 is 15.8 Å². The van der Waals surface area contributed by atoms with E-state index in [4.69, 9.17) is 10.5 Å². The Morgan fingerprint density at radius 3 is 3.00 bits per heavy atom. The molecule has 1 heterocycles. The summed E-state index contributed by atoms with van der Waals surface area (Å²) in [5.74, 6) is -0.741. The number of nitrogens with one attached hydrogen (secondary N) is 1. The Kier molecular flexibility index (Phi) is 5.15. The van der Waals surface area contributed by atoms with E-state index in [1.165, 1.54) is 17.1 Å². The largest absolute Gasteiger partial charge is 0.372 e. The van der Waals surface area contributed by atoms with Crippen molar-refractivity contribution in [1.29, 1.82) is 0 Å². The van der Waals surface area contributed by atoms with Crippen molar-refractivity contribution < 1.29 is 14.3 Å². The van der Waals surface area contributed by atoms with Crippen LogP contribution in [0.3, 0.4) is 0 Å². The van der Waals surface area contributed by atoms with Gasteiger partial charge in [0.15, 0.2) is 0 Å². The second kappa shape index (κ2) is 6.64. The van der Waals surface area contributed by atoms with Crippen LogP contribution in [0.1, 0.15) is 13.3 Å². The maximum absolute atomic E-state index is 11.4. The molecule has 3 N–H and O–H groups in total. The molecule has 1 aromatic heterocycles. The molecular formula is C10H16N4O3. The number of hydrogen-bond acceptors (Lipinski definition) is 4. The van der Waals surface area contributed by atoms with Crippen molar-refractivity contribution in [2.24, 2.45) is 5.73 Å². The molecule has 0 fully saturated rings. The Balaban J connectivity index is 2.38. The number of amides is 2. The minimum Gasteiger partial charge on any atom is -0.372 e. The van der Waals surface area contributed by atoms with Gasteiger partial charge in [-0.05, 0) is 6.42 Å².